The molecule has 3 fully saturated rings. The van der Waals surface area contributed by atoms with Crippen LogP contribution >= 0.6 is 0 Å². The number of hydrogen-bond donors (Lipinski definition) is 1. The zero-order chi connectivity index (χ0) is 12.5. The highest BCUT2D eigenvalue weighted by Gasteiger charge is 2.41. The molecule has 0 aromatic heterocycles. The van der Waals surface area contributed by atoms with Crippen LogP contribution in [0, 0.1) is 11.8 Å². The Bertz CT molecular complexity index is 318. The van der Waals surface area contributed by atoms with Gasteiger partial charge in [0.05, 0.1) is 5.92 Å². The Morgan fingerprint density at radius 1 is 0.944 bits per heavy atom. The molecule has 1 saturated heterocycles. The van der Waals surface area contributed by atoms with Gasteiger partial charge in [-0.1, -0.05) is 25.7 Å². The van der Waals surface area contributed by atoms with Gasteiger partial charge in [-0.3, -0.25) is 4.79 Å². The highest BCUT2D eigenvalue weighted by Crippen LogP contribution is 2.38. The number of rotatable bonds is 1. The van der Waals surface area contributed by atoms with Gasteiger partial charge in [-0.25, -0.2) is 0 Å². The van der Waals surface area contributed by atoms with Crippen molar-refractivity contribution in [2.24, 2.45) is 17.6 Å². The monoisotopic (exact) mass is 250 g/mol. The first-order valence-corrected chi connectivity index (χ1v) is 7.83. The third kappa shape index (κ3) is 2.18. The van der Waals surface area contributed by atoms with Crippen LogP contribution < -0.4 is 5.73 Å². The Kier molecular flexibility index (Phi) is 3.60. The van der Waals surface area contributed by atoms with Crippen molar-refractivity contribution in [3.05, 3.63) is 0 Å². The van der Waals surface area contributed by atoms with Gasteiger partial charge in [0.15, 0.2) is 0 Å². The van der Waals surface area contributed by atoms with Crippen molar-refractivity contribution >= 4 is 5.91 Å². The number of nitrogens with zero attached hydrogens (tertiary/aromatic N) is 1. The van der Waals surface area contributed by atoms with E-state index in [2.05, 4.69) is 4.90 Å². The normalized spacial score (nSPS) is 40.6. The van der Waals surface area contributed by atoms with E-state index in [9.17, 15) is 4.79 Å². The second kappa shape index (κ2) is 5.20. The lowest BCUT2D eigenvalue weighted by Crippen LogP contribution is -2.48. The molecule has 2 aliphatic carbocycles. The van der Waals surface area contributed by atoms with Crippen LogP contribution in [-0.2, 0) is 4.79 Å². The van der Waals surface area contributed by atoms with Crippen molar-refractivity contribution < 1.29 is 4.79 Å². The molecule has 18 heavy (non-hydrogen) atoms. The Labute approximate surface area is 110 Å². The minimum absolute atomic E-state index is 0.119. The van der Waals surface area contributed by atoms with E-state index in [0.29, 0.717) is 11.9 Å². The molecular weight excluding hydrogens is 224 g/mol. The van der Waals surface area contributed by atoms with Gasteiger partial charge in [-0.05, 0) is 38.0 Å². The molecule has 1 heterocycles. The van der Waals surface area contributed by atoms with Crippen LogP contribution in [0.4, 0.5) is 0 Å². The van der Waals surface area contributed by atoms with Crippen LogP contribution in [0.2, 0.25) is 0 Å². The molecule has 0 aromatic carbocycles. The zero-order valence-corrected chi connectivity index (χ0v) is 11.3. The van der Waals surface area contributed by atoms with Gasteiger partial charge in [0.25, 0.3) is 0 Å². The Balaban J connectivity index is 1.68. The molecule has 2 N–H and O–H groups in total. The summed E-state index contributed by atoms with van der Waals surface area (Å²) in [6.45, 7) is 0.997. The molecule has 3 rings (SSSR count). The highest BCUT2D eigenvalue weighted by atomic mass is 16.2. The summed E-state index contributed by atoms with van der Waals surface area (Å²) in [6, 6.07) is 0.675. The predicted molar refractivity (Wildman–Crippen MR) is 72.0 cm³/mol. The maximum atomic E-state index is 12.7. The molecule has 0 aromatic rings. The van der Waals surface area contributed by atoms with E-state index in [1.165, 1.54) is 44.9 Å². The summed E-state index contributed by atoms with van der Waals surface area (Å²) >= 11 is 0. The summed E-state index contributed by atoms with van der Waals surface area (Å²) in [7, 11) is 0. The second-order valence-corrected chi connectivity index (χ2v) is 6.49. The molecule has 2 saturated carbocycles. The quantitative estimate of drug-likeness (QED) is 0.776. The smallest absolute Gasteiger partial charge is 0.227 e. The van der Waals surface area contributed by atoms with E-state index in [-0.39, 0.29) is 12.0 Å². The van der Waals surface area contributed by atoms with Gasteiger partial charge >= 0.3 is 0 Å². The topological polar surface area (TPSA) is 46.3 Å². The first-order valence-electron chi connectivity index (χ1n) is 7.83. The zero-order valence-electron chi connectivity index (χ0n) is 11.3. The Hall–Kier alpha value is -0.570. The number of carbonyl (C=O) groups is 1. The molecule has 0 spiro atoms. The second-order valence-electron chi connectivity index (χ2n) is 6.49. The van der Waals surface area contributed by atoms with Crippen molar-refractivity contribution in [2.75, 3.05) is 6.54 Å². The van der Waals surface area contributed by atoms with Gasteiger partial charge in [-0.15, -0.1) is 0 Å². The molecule has 1 amide bonds. The minimum atomic E-state index is 0.119. The highest BCUT2D eigenvalue weighted by molar-refractivity contribution is 5.80. The molecule has 3 nitrogen and oxygen atoms in total. The van der Waals surface area contributed by atoms with Crippen LogP contribution in [0.25, 0.3) is 0 Å². The summed E-state index contributed by atoms with van der Waals surface area (Å²) in [5.74, 6) is 1.30. The number of carbonyl (C=O) groups excluding carboxylic acids is 1. The van der Waals surface area contributed by atoms with Crippen LogP contribution in [-0.4, -0.2) is 29.4 Å². The molecule has 4 atom stereocenters. The average Bonchev–Trinajstić information content (AvgIpc) is 2.82. The van der Waals surface area contributed by atoms with Gasteiger partial charge in [0.1, 0.15) is 0 Å². The lowest BCUT2D eigenvalue weighted by Gasteiger charge is -2.36. The summed E-state index contributed by atoms with van der Waals surface area (Å²) in [5.41, 5.74) is 6.17. The van der Waals surface area contributed by atoms with Gasteiger partial charge < -0.3 is 10.6 Å². The first-order chi connectivity index (χ1) is 8.77. The third-order valence-electron chi connectivity index (χ3n) is 5.43. The fraction of sp³-hybridized carbons (Fsp3) is 0.933. The van der Waals surface area contributed by atoms with E-state index in [0.717, 1.165) is 25.3 Å². The fourth-order valence-corrected chi connectivity index (χ4v) is 4.36. The van der Waals surface area contributed by atoms with Crippen molar-refractivity contribution in [1.82, 2.24) is 4.90 Å². The number of likely N-dealkylation sites (tertiary alicyclic amines) is 1. The summed E-state index contributed by atoms with van der Waals surface area (Å²) < 4.78 is 0. The summed E-state index contributed by atoms with van der Waals surface area (Å²) in [4.78, 5) is 14.9. The van der Waals surface area contributed by atoms with E-state index in [1.54, 1.807) is 0 Å². The molecule has 0 bridgehead atoms. The molecule has 3 heteroatoms. The van der Waals surface area contributed by atoms with Crippen LogP contribution in [0.3, 0.4) is 0 Å². The maximum absolute atomic E-state index is 12.7. The molecule has 0 radical (unpaired) electrons. The largest absolute Gasteiger partial charge is 0.339 e. The van der Waals surface area contributed by atoms with E-state index >= 15 is 0 Å². The molecular formula is C15H26N2O. The van der Waals surface area contributed by atoms with Crippen LogP contribution in [0.15, 0.2) is 0 Å². The van der Waals surface area contributed by atoms with E-state index in [1.807, 2.05) is 0 Å². The van der Waals surface area contributed by atoms with E-state index < -0.39 is 0 Å². The van der Waals surface area contributed by atoms with Gasteiger partial charge in [0, 0.05) is 18.6 Å². The maximum Gasteiger partial charge on any atom is 0.227 e. The first kappa shape index (κ1) is 12.5. The van der Waals surface area contributed by atoms with Gasteiger partial charge in [-0.2, -0.15) is 0 Å². The number of nitrogens with two attached hydrogens (primary N) is 1. The number of fused-ring (bicyclic) bond motifs is 1. The average molecular weight is 250 g/mol. The SMILES string of the molecule is NC1CCCCC1C(=O)N1CCC2CCCCC21. The fourth-order valence-electron chi connectivity index (χ4n) is 4.36. The summed E-state index contributed by atoms with van der Waals surface area (Å²) in [5, 5.41) is 0. The van der Waals surface area contributed by atoms with Crippen LogP contribution in [0.5, 0.6) is 0 Å². The third-order valence-corrected chi connectivity index (χ3v) is 5.43. The Morgan fingerprint density at radius 2 is 1.67 bits per heavy atom. The molecule has 1 aliphatic heterocycles. The van der Waals surface area contributed by atoms with E-state index in [4.69, 9.17) is 5.73 Å². The minimum Gasteiger partial charge on any atom is -0.339 e. The number of hydrogen-bond acceptors (Lipinski definition) is 2. The van der Waals surface area contributed by atoms with Crippen molar-refractivity contribution in [3.8, 4) is 0 Å². The molecule has 4 unspecified atom stereocenters. The lowest BCUT2D eigenvalue weighted by molar-refractivity contribution is -0.138. The van der Waals surface area contributed by atoms with Gasteiger partial charge in [0.2, 0.25) is 5.91 Å². The standard InChI is InChI=1S/C15H26N2O/c16-13-7-3-2-6-12(13)15(18)17-10-9-11-5-1-4-8-14(11)17/h11-14H,1-10,16H2. The van der Waals surface area contributed by atoms with Crippen molar-refractivity contribution in [2.45, 2.75) is 69.9 Å². The molecule has 102 valence electrons. The molecule has 3 aliphatic rings. The lowest BCUT2D eigenvalue weighted by atomic mass is 9.82. The Morgan fingerprint density at radius 3 is 2.50 bits per heavy atom. The van der Waals surface area contributed by atoms with Crippen molar-refractivity contribution in [3.63, 3.8) is 0 Å². The number of amides is 1. The summed E-state index contributed by atoms with van der Waals surface area (Å²) in [6.07, 6.45) is 10.9. The van der Waals surface area contributed by atoms with Crippen LogP contribution in [0.1, 0.15) is 57.8 Å². The van der Waals surface area contributed by atoms with Crippen molar-refractivity contribution in [1.29, 1.82) is 0 Å². The predicted octanol–water partition coefficient (Wildman–Crippen LogP) is 2.29.